The molecule has 0 aliphatic rings. The van der Waals surface area contributed by atoms with Crippen molar-refractivity contribution in [3.8, 4) is 11.5 Å². The van der Waals surface area contributed by atoms with Crippen molar-refractivity contribution in [1.82, 2.24) is 10.1 Å². The molecular formula is C17H16FN3O. The highest BCUT2D eigenvalue weighted by Gasteiger charge is 2.08. The standard InChI is InChI=1S/C17H16FN3O/c1-12-3-2-4-13(11-12)17-20-16(21-22-17)9-10-19-15-7-5-14(18)6-8-15/h2-8,11,19H,9-10H2,1H3. The number of hydrogen-bond acceptors (Lipinski definition) is 4. The van der Waals surface area contributed by atoms with Crippen LogP contribution in [0.2, 0.25) is 0 Å². The lowest BCUT2D eigenvalue weighted by Crippen LogP contribution is -2.05. The van der Waals surface area contributed by atoms with Crippen LogP contribution in [0.1, 0.15) is 11.4 Å². The minimum absolute atomic E-state index is 0.244. The Labute approximate surface area is 128 Å². The Bertz CT molecular complexity index is 753. The maximum absolute atomic E-state index is 12.8. The Kier molecular flexibility index (Phi) is 4.14. The lowest BCUT2D eigenvalue weighted by molar-refractivity contribution is 0.423. The van der Waals surface area contributed by atoms with E-state index in [1.807, 2.05) is 31.2 Å². The lowest BCUT2D eigenvalue weighted by atomic mass is 10.1. The third kappa shape index (κ3) is 3.49. The van der Waals surface area contributed by atoms with Crippen molar-refractivity contribution < 1.29 is 8.91 Å². The molecular weight excluding hydrogens is 281 g/mol. The first kappa shape index (κ1) is 14.3. The van der Waals surface area contributed by atoms with Gasteiger partial charge in [0.1, 0.15) is 5.82 Å². The Morgan fingerprint density at radius 2 is 1.95 bits per heavy atom. The van der Waals surface area contributed by atoms with Gasteiger partial charge < -0.3 is 9.84 Å². The molecule has 4 nitrogen and oxygen atoms in total. The quantitative estimate of drug-likeness (QED) is 0.777. The Morgan fingerprint density at radius 1 is 1.14 bits per heavy atom. The van der Waals surface area contributed by atoms with Gasteiger partial charge in [0.15, 0.2) is 5.82 Å². The molecule has 0 radical (unpaired) electrons. The molecule has 3 rings (SSSR count). The monoisotopic (exact) mass is 297 g/mol. The zero-order chi connectivity index (χ0) is 15.4. The number of rotatable bonds is 5. The van der Waals surface area contributed by atoms with Gasteiger partial charge in [-0.2, -0.15) is 4.98 Å². The largest absolute Gasteiger partial charge is 0.385 e. The smallest absolute Gasteiger partial charge is 0.257 e. The van der Waals surface area contributed by atoms with Crippen molar-refractivity contribution in [2.45, 2.75) is 13.3 Å². The number of anilines is 1. The second-order valence-corrected chi connectivity index (χ2v) is 5.07. The SMILES string of the molecule is Cc1cccc(-c2nc(CCNc3ccc(F)cc3)no2)c1. The molecule has 112 valence electrons. The van der Waals surface area contributed by atoms with Gasteiger partial charge in [0.25, 0.3) is 5.89 Å². The van der Waals surface area contributed by atoms with Gasteiger partial charge in [-0.25, -0.2) is 4.39 Å². The predicted molar refractivity (Wildman–Crippen MR) is 83.1 cm³/mol. The van der Waals surface area contributed by atoms with Crippen LogP contribution >= 0.6 is 0 Å². The van der Waals surface area contributed by atoms with Crippen molar-refractivity contribution in [3.63, 3.8) is 0 Å². The molecule has 0 aliphatic heterocycles. The highest BCUT2D eigenvalue weighted by molar-refractivity contribution is 5.53. The van der Waals surface area contributed by atoms with Gasteiger partial charge in [-0.3, -0.25) is 0 Å². The van der Waals surface area contributed by atoms with Crippen LogP contribution in [0.15, 0.2) is 53.1 Å². The average molecular weight is 297 g/mol. The van der Waals surface area contributed by atoms with E-state index < -0.39 is 0 Å². The maximum atomic E-state index is 12.8. The van der Waals surface area contributed by atoms with E-state index in [4.69, 9.17) is 4.52 Å². The zero-order valence-electron chi connectivity index (χ0n) is 12.2. The van der Waals surface area contributed by atoms with Crippen molar-refractivity contribution in [2.75, 3.05) is 11.9 Å². The Morgan fingerprint density at radius 3 is 2.73 bits per heavy atom. The van der Waals surface area contributed by atoms with Crippen molar-refractivity contribution in [2.24, 2.45) is 0 Å². The molecule has 0 fully saturated rings. The molecule has 0 atom stereocenters. The first-order valence-corrected chi connectivity index (χ1v) is 7.10. The summed E-state index contributed by atoms with van der Waals surface area (Å²) in [5, 5.41) is 7.17. The van der Waals surface area contributed by atoms with Gasteiger partial charge in [-0.05, 0) is 43.3 Å². The van der Waals surface area contributed by atoms with Crippen LogP contribution in [0.25, 0.3) is 11.5 Å². The summed E-state index contributed by atoms with van der Waals surface area (Å²) in [6, 6.07) is 14.2. The fourth-order valence-electron chi connectivity index (χ4n) is 2.14. The topological polar surface area (TPSA) is 51.0 Å². The van der Waals surface area contributed by atoms with E-state index in [2.05, 4.69) is 15.5 Å². The highest BCUT2D eigenvalue weighted by atomic mass is 19.1. The fraction of sp³-hybridized carbons (Fsp3) is 0.176. The normalized spacial score (nSPS) is 10.6. The van der Waals surface area contributed by atoms with Crippen molar-refractivity contribution >= 4 is 5.69 Å². The molecule has 0 unspecified atom stereocenters. The molecule has 3 aromatic rings. The number of hydrogen-bond donors (Lipinski definition) is 1. The summed E-state index contributed by atoms with van der Waals surface area (Å²) < 4.78 is 18.1. The van der Waals surface area contributed by atoms with E-state index in [0.717, 1.165) is 16.8 Å². The molecule has 1 aromatic heterocycles. The van der Waals surface area contributed by atoms with Gasteiger partial charge in [0.05, 0.1) is 0 Å². The zero-order valence-corrected chi connectivity index (χ0v) is 12.2. The van der Waals surface area contributed by atoms with Gasteiger partial charge >= 0.3 is 0 Å². The third-order valence-electron chi connectivity index (χ3n) is 3.26. The van der Waals surface area contributed by atoms with Crippen LogP contribution in [-0.4, -0.2) is 16.7 Å². The molecule has 0 bridgehead atoms. The molecule has 0 aliphatic carbocycles. The first-order valence-electron chi connectivity index (χ1n) is 7.10. The minimum atomic E-state index is -0.244. The molecule has 0 saturated carbocycles. The van der Waals surface area contributed by atoms with E-state index in [0.29, 0.717) is 24.7 Å². The van der Waals surface area contributed by atoms with E-state index >= 15 is 0 Å². The number of halogens is 1. The van der Waals surface area contributed by atoms with Crippen LogP contribution in [0.3, 0.4) is 0 Å². The van der Waals surface area contributed by atoms with Crippen LogP contribution < -0.4 is 5.32 Å². The second-order valence-electron chi connectivity index (χ2n) is 5.07. The number of aromatic nitrogens is 2. The summed E-state index contributed by atoms with van der Waals surface area (Å²) in [5.74, 6) is 0.929. The van der Waals surface area contributed by atoms with Gasteiger partial charge in [-0.15, -0.1) is 0 Å². The van der Waals surface area contributed by atoms with Crippen LogP contribution in [0.4, 0.5) is 10.1 Å². The van der Waals surface area contributed by atoms with E-state index in [9.17, 15) is 4.39 Å². The predicted octanol–water partition coefficient (Wildman–Crippen LogP) is 3.84. The second kappa shape index (κ2) is 6.39. The lowest BCUT2D eigenvalue weighted by Gasteiger charge is -2.03. The van der Waals surface area contributed by atoms with Crippen molar-refractivity contribution in [3.05, 3.63) is 65.7 Å². The molecule has 0 amide bonds. The molecule has 2 aromatic carbocycles. The summed E-state index contributed by atoms with van der Waals surface area (Å²) in [6.07, 6.45) is 0.632. The molecule has 1 heterocycles. The van der Waals surface area contributed by atoms with Gasteiger partial charge in [0, 0.05) is 24.2 Å². The van der Waals surface area contributed by atoms with Crippen molar-refractivity contribution in [1.29, 1.82) is 0 Å². The van der Waals surface area contributed by atoms with E-state index in [1.54, 1.807) is 12.1 Å². The van der Waals surface area contributed by atoms with E-state index in [-0.39, 0.29) is 5.82 Å². The number of nitrogens with zero attached hydrogens (tertiary/aromatic N) is 2. The summed E-state index contributed by atoms with van der Waals surface area (Å²) in [7, 11) is 0. The fourth-order valence-corrected chi connectivity index (χ4v) is 2.14. The van der Waals surface area contributed by atoms with Crippen LogP contribution in [0, 0.1) is 12.7 Å². The minimum Gasteiger partial charge on any atom is -0.385 e. The first-order chi connectivity index (χ1) is 10.7. The van der Waals surface area contributed by atoms with Crippen LogP contribution in [-0.2, 0) is 6.42 Å². The number of benzene rings is 2. The summed E-state index contributed by atoms with van der Waals surface area (Å²) in [6.45, 7) is 2.67. The van der Waals surface area contributed by atoms with Crippen LogP contribution in [0.5, 0.6) is 0 Å². The molecule has 1 N–H and O–H groups in total. The summed E-state index contributed by atoms with van der Waals surface area (Å²) in [4.78, 5) is 4.39. The highest BCUT2D eigenvalue weighted by Crippen LogP contribution is 2.18. The number of aryl methyl sites for hydroxylation is 1. The maximum Gasteiger partial charge on any atom is 0.257 e. The summed E-state index contributed by atoms with van der Waals surface area (Å²) >= 11 is 0. The van der Waals surface area contributed by atoms with E-state index in [1.165, 1.54) is 12.1 Å². The molecule has 0 saturated heterocycles. The Balaban J connectivity index is 1.59. The molecule has 5 heteroatoms. The average Bonchev–Trinajstić information content (AvgIpc) is 2.98. The Hall–Kier alpha value is -2.69. The van der Waals surface area contributed by atoms with Gasteiger partial charge in [-0.1, -0.05) is 22.9 Å². The third-order valence-corrected chi connectivity index (χ3v) is 3.26. The molecule has 22 heavy (non-hydrogen) atoms. The summed E-state index contributed by atoms with van der Waals surface area (Å²) in [5.41, 5.74) is 2.93. The molecule has 0 spiro atoms. The van der Waals surface area contributed by atoms with Gasteiger partial charge in [0.2, 0.25) is 0 Å². The number of nitrogens with one attached hydrogen (secondary N) is 1.